The standard InChI is InChI=1S/C26H21NO5/c1-16-22(28)20-14-9-15-21(24(20)32-23(16)18-10-5-3-6-11-18)26(30)31-17(2)25(29)27-19-12-7-4-8-13-19/h3-15,17H,1-2H3,(H,27,29)/t17-/m0/s1. The fourth-order valence-corrected chi connectivity index (χ4v) is 3.38. The number of carbonyl (C=O) groups excluding carboxylic acids is 2. The summed E-state index contributed by atoms with van der Waals surface area (Å²) in [5.74, 6) is -0.831. The molecule has 4 aromatic rings. The number of hydrogen-bond acceptors (Lipinski definition) is 5. The minimum Gasteiger partial charge on any atom is -0.455 e. The Labute approximate surface area is 184 Å². The molecule has 6 nitrogen and oxygen atoms in total. The van der Waals surface area contributed by atoms with Gasteiger partial charge in [-0.15, -0.1) is 0 Å². The topological polar surface area (TPSA) is 85.6 Å². The van der Waals surface area contributed by atoms with E-state index in [0.29, 0.717) is 17.0 Å². The molecule has 0 radical (unpaired) electrons. The summed E-state index contributed by atoms with van der Waals surface area (Å²) in [6.45, 7) is 3.17. The van der Waals surface area contributed by atoms with Crippen molar-refractivity contribution in [2.24, 2.45) is 0 Å². The lowest BCUT2D eigenvalue weighted by Crippen LogP contribution is -2.30. The van der Waals surface area contributed by atoms with Crippen LogP contribution in [0.3, 0.4) is 0 Å². The molecule has 0 aliphatic heterocycles. The first-order valence-corrected chi connectivity index (χ1v) is 10.1. The maximum absolute atomic E-state index is 13.0. The van der Waals surface area contributed by atoms with Gasteiger partial charge in [0.25, 0.3) is 5.91 Å². The molecule has 1 N–H and O–H groups in total. The van der Waals surface area contributed by atoms with E-state index in [1.54, 1.807) is 43.3 Å². The summed E-state index contributed by atoms with van der Waals surface area (Å²) >= 11 is 0. The van der Waals surface area contributed by atoms with Gasteiger partial charge in [0.2, 0.25) is 0 Å². The molecule has 6 heteroatoms. The molecule has 0 aliphatic carbocycles. The van der Waals surface area contributed by atoms with Crippen molar-refractivity contribution >= 4 is 28.5 Å². The third kappa shape index (κ3) is 4.16. The number of fused-ring (bicyclic) bond motifs is 1. The van der Waals surface area contributed by atoms with Crippen LogP contribution in [0.15, 0.2) is 88.1 Å². The first kappa shape index (κ1) is 21.1. The molecule has 1 heterocycles. The average molecular weight is 427 g/mol. The Morgan fingerprint density at radius 2 is 1.56 bits per heavy atom. The van der Waals surface area contributed by atoms with Crippen LogP contribution in [0.5, 0.6) is 0 Å². The largest absolute Gasteiger partial charge is 0.455 e. The molecule has 3 aromatic carbocycles. The second-order valence-corrected chi connectivity index (χ2v) is 7.34. The molecule has 1 atom stereocenters. The highest BCUT2D eigenvalue weighted by Gasteiger charge is 2.23. The zero-order valence-electron chi connectivity index (χ0n) is 17.6. The maximum Gasteiger partial charge on any atom is 0.342 e. The number of amides is 1. The smallest absolute Gasteiger partial charge is 0.342 e. The summed E-state index contributed by atoms with van der Waals surface area (Å²) in [5.41, 5.74) is 1.75. The summed E-state index contributed by atoms with van der Waals surface area (Å²) in [6.07, 6.45) is -1.05. The van der Waals surface area contributed by atoms with Crippen LogP contribution in [-0.2, 0) is 9.53 Å². The fraction of sp³-hybridized carbons (Fsp3) is 0.115. The molecule has 0 unspecified atom stereocenters. The minimum absolute atomic E-state index is 0.0798. The lowest BCUT2D eigenvalue weighted by molar-refractivity contribution is -0.123. The maximum atomic E-state index is 13.0. The van der Waals surface area contributed by atoms with Gasteiger partial charge in [-0.25, -0.2) is 4.79 Å². The van der Waals surface area contributed by atoms with E-state index in [1.165, 1.54) is 13.0 Å². The Morgan fingerprint density at radius 3 is 2.25 bits per heavy atom. The first-order valence-electron chi connectivity index (χ1n) is 10.1. The van der Waals surface area contributed by atoms with Crippen LogP contribution in [0.4, 0.5) is 5.69 Å². The van der Waals surface area contributed by atoms with Gasteiger partial charge in [-0.2, -0.15) is 0 Å². The molecule has 0 spiro atoms. The zero-order valence-corrected chi connectivity index (χ0v) is 17.6. The number of benzene rings is 3. The summed E-state index contributed by atoms with van der Waals surface area (Å²) in [6, 6.07) is 22.8. The Hall–Kier alpha value is -4.19. The molecule has 0 bridgehead atoms. The molecule has 160 valence electrons. The second kappa shape index (κ2) is 8.89. The van der Waals surface area contributed by atoms with E-state index in [1.807, 2.05) is 36.4 Å². The van der Waals surface area contributed by atoms with Crippen LogP contribution < -0.4 is 10.7 Å². The van der Waals surface area contributed by atoms with Crippen LogP contribution in [0, 0.1) is 6.92 Å². The van der Waals surface area contributed by atoms with E-state index >= 15 is 0 Å². The molecule has 0 aliphatic rings. The molecule has 1 aromatic heterocycles. The van der Waals surface area contributed by atoms with E-state index in [4.69, 9.17) is 9.15 Å². The van der Waals surface area contributed by atoms with Crippen molar-refractivity contribution < 1.29 is 18.7 Å². The molecular weight excluding hydrogens is 406 g/mol. The Kier molecular flexibility index (Phi) is 5.85. The van der Waals surface area contributed by atoms with E-state index in [9.17, 15) is 14.4 Å². The van der Waals surface area contributed by atoms with E-state index in [-0.39, 0.29) is 22.0 Å². The molecule has 4 rings (SSSR count). The van der Waals surface area contributed by atoms with Gasteiger partial charge in [0.15, 0.2) is 17.1 Å². The number of hydrogen-bond donors (Lipinski definition) is 1. The predicted molar refractivity (Wildman–Crippen MR) is 123 cm³/mol. The quantitative estimate of drug-likeness (QED) is 0.456. The van der Waals surface area contributed by atoms with E-state index in [0.717, 1.165) is 5.56 Å². The number of anilines is 1. The van der Waals surface area contributed by atoms with Gasteiger partial charge >= 0.3 is 5.97 Å². The van der Waals surface area contributed by atoms with Gasteiger partial charge < -0.3 is 14.5 Å². The number of ether oxygens (including phenoxy) is 1. The van der Waals surface area contributed by atoms with Gasteiger partial charge in [-0.1, -0.05) is 54.6 Å². The predicted octanol–water partition coefficient (Wildman–Crippen LogP) is 4.95. The van der Waals surface area contributed by atoms with Crippen LogP contribution in [0.1, 0.15) is 22.8 Å². The highest BCUT2D eigenvalue weighted by atomic mass is 16.5. The average Bonchev–Trinajstić information content (AvgIpc) is 2.82. The zero-order chi connectivity index (χ0) is 22.7. The van der Waals surface area contributed by atoms with E-state index < -0.39 is 18.0 Å². The van der Waals surface area contributed by atoms with Crippen molar-refractivity contribution in [1.82, 2.24) is 0 Å². The highest BCUT2D eigenvalue weighted by molar-refractivity contribution is 6.04. The van der Waals surface area contributed by atoms with Crippen molar-refractivity contribution in [3.8, 4) is 11.3 Å². The van der Waals surface area contributed by atoms with Gasteiger partial charge in [0, 0.05) is 16.8 Å². The van der Waals surface area contributed by atoms with Crippen molar-refractivity contribution in [3.63, 3.8) is 0 Å². The summed E-state index contributed by atoms with van der Waals surface area (Å²) < 4.78 is 11.4. The third-order valence-electron chi connectivity index (χ3n) is 5.10. The van der Waals surface area contributed by atoms with Crippen LogP contribution in [-0.4, -0.2) is 18.0 Å². The van der Waals surface area contributed by atoms with Crippen LogP contribution >= 0.6 is 0 Å². The monoisotopic (exact) mass is 427 g/mol. The van der Waals surface area contributed by atoms with E-state index in [2.05, 4.69) is 5.32 Å². The van der Waals surface area contributed by atoms with Crippen LogP contribution in [0.25, 0.3) is 22.3 Å². The Bertz CT molecular complexity index is 1340. The molecule has 0 fully saturated rings. The van der Waals surface area contributed by atoms with Gasteiger partial charge in [0.05, 0.1) is 5.39 Å². The molecule has 0 saturated heterocycles. The van der Waals surface area contributed by atoms with Crippen molar-refractivity contribution in [2.45, 2.75) is 20.0 Å². The summed E-state index contributed by atoms with van der Waals surface area (Å²) in [7, 11) is 0. The normalized spacial score (nSPS) is 11.7. The number of esters is 1. The van der Waals surface area contributed by atoms with Gasteiger partial charge in [-0.05, 0) is 38.1 Å². The molecule has 32 heavy (non-hydrogen) atoms. The molecule has 1 amide bonds. The third-order valence-corrected chi connectivity index (χ3v) is 5.10. The fourth-order valence-electron chi connectivity index (χ4n) is 3.38. The Morgan fingerprint density at radius 1 is 0.906 bits per heavy atom. The number of para-hydroxylation sites is 2. The van der Waals surface area contributed by atoms with Gasteiger partial charge in [-0.3, -0.25) is 9.59 Å². The number of carbonyl (C=O) groups is 2. The lowest BCUT2D eigenvalue weighted by Gasteiger charge is -2.14. The molecule has 0 saturated carbocycles. The summed E-state index contributed by atoms with van der Waals surface area (Å²) in [4.78, 5) is 38.3. The SMILES string of the molecule is Cc1c(-c2ccccc2)oc2c(C(=O)O[C@@H](C)C(=O)Nc3ccccc3)cccc2c1=O. The number of rotatable bonds is 5. The van der Waals surface area contributed by atoms with Crippen molar-refractivity contribution in [1.29, 1.82) is 0 Å². The lowest BCUT2D eigenvalue weighted by atomic mass is 10.0. The number of nitrogens with one attached hydrogen (secondary N) is 1. The van der Waals surface area contributed by atoms with Crippen molar-refractivity contribution in [3.05, 3.63) is 100 Å². The molecular formula is C26H21NO5. The van der Waals surface area contributed by atoms with Crippen LogP contribution in [0.2, 0.25) is 0 Å². The first-order chi connectivity index (χ1) is 15.5. The van der Waals surface area contributed by atoms with Crippen molar-refractivity contribution in [2.75, 3.05) is 5.32 Å². The van der Waals surface area contributed by atoms with Gasteiger partial charge in [0.1, 0.15) is 11.3 Å². The summed E-state index contributed by atoms with van der Waals surface area (Å²) in [5, 5.41) is 2.97. The Balaban J connectivity index is 1.66. The second-order valence-electron chi connectivity index (χ2n) is 7.34. The minimum atomic E-state index is -1.05. The highest BCUT2D eigenvalue weighted by Crippen LogP contribution is 2.27.